The second-order valence-corrected chi connectivity index (χ2v) is 9.89. The maximum Gasteiger partial charge on any atom is 0.435 e. The SMILES string of the molecule is Nc1cccc(F)c1CN(CCC1CCS(=O)(=O)CC1)C(=O)c1cc(C(F)(F)F)n[nH]1. The minimum atomic E-state index is -4.72. The fourth-order valence-electron chi connectivity index (χ4n) is 3.50. The van der Waals surface area contributed by atoms with Crippen molar-refractivity contribution in [2.24, 2.45) is 5.92 Å². The van der Waals surface area contributed by atoms with Gasteiger partial charge in [0.15, 0.2) is 5.69 Å². The molecule has 3 rings (SSSR count). The van der Waals surface area contributed by atoms with Crippen molar-refractivity contribution >= 4 is 21.4 Å². The third kappa shape index (κ3) is 5.75. The minimum Gasteiger partial charge on any atom is -0.398 e. The number of aromatic nitrogens is 2. The Morgan fingerprint density at radius 2 is 1.94 bits per heavy atom. The van der Waals surface area contributed by atoms with Crippen LogP contribution in [0.25, 0.3) is 0 Å². The number of aromatic amines is 1. The quantitative estimate of drug-likeness (QED) is 0.507. The van der Waals surface area contributed by atoms with Crippen LogP contribution in [0.2, 0.25) is 0 Å². The zero-order valence-corrected chi connectivity index (χ0v) is 17.3. The predicted octanol–water partition coefficient (Wildman–Crippen LogP) is 3.01. The number of amides is 1. The van der Waals surface area contributed by atoms with E-state index in [1.165, 1.54) is 23.1 Å². The summed E-state index contributed by atoms with van der Waals surface area (Å²) in [5, 5.41) is 5.23. The van der Waals surface area contributed by atoms with Gasteiger partial charge in [-0.2, -0.15) is 18.3 Å². The first-order valence-corrected chi connectivity index (χ1v) is 11.4. The molecule has 31 heavy (non-hydrogen) atoms. The van der Waals surface area contributed by atoms with Crippen LogP contribution in [-0.2, 0) is 22.6 Å². The van der Waals surface area contributed by atoms with Crippen LogP contribution >= 0.6 is 0 Å². The first kappa shape index (κ1) is 23.0. The van der Waals surface area contributed by atoms with Crippen LogP contribution in [-0.4, -0.2) is 47.5 Å². The van der Waals surface area contributed by atoms with E-state index < -0.39 is 33.4 Å². The summed E-state index contributed by atoms with van der Waals surface area (Å²) < 4.78 is 76.0. The van der Waals surface area contributed by atoms with Gasteiger partial charge < -0.3 is 10.6 Å². The van der Waals surface area contributed by atoms with E-state index in [0.717, 1.165) is 0 Å². The molecule has 1 aliphatic rings. The third-order valence-electron chi connectivity index (χ3n) is 5.37. The van der Waals surface area contributed by atoms with Crippen molar-refractivity contribution in [1.82, 2.24) is 15.1 Å². The van der Waals surface area contributed by atoms with Gasteiger partial charge in [-0.15, -0.1) is 0 Å². The molecule has 1 saturated heterocycles. The molecule has 0 radical (unpaired) electrons. The number of nitrogen functional groups attached to an aromatic ring is 1. The highest BCUT2D eigenvalue weighted by molar-refractivity contribution is 7.91. The van der Waals surface area contributed by atoms with Crippen LogP contribution in [0.15, 0.2) is 24.3 Å². The molecule has 3 N–H and O–H groups in total. The Labute approximate surface area is 176 Å². The van der Waals surface area contributed by atoms with E-state index in [-0.39, 0.29) is 47.5 Å². The predicted molar refractivity (Wildman–Crippen MR) is 105 cm³/mol. The van der Waals surface area contributed by atoms with Crippen LogP contribution in [0, 0.1) is 11.7 Å². The van der Waals surface area contributed by atoms with Gasteiger partial charge in [-0.1, -0.05) is 6.07 Å². The molecule has 0 saturated carbocycles. The van der Waals surface area contributed by atoms with Crippen LogP contribution < -0.4 is 5.73 Å². The maximum atomic E-state index is 14.3. The van der Waals surface area contributed by atoms with Crippen molar-refractivity contribution in [3.05, 3.63) is 47.0 Å². The van der Waals surface area contributed by atoms with Crippen molar-refractivity contribution in [3.63, 3.8) is 0 Å². The molecule has 1 amide bonds. The van der Waals surface area contributed by atoms with E-state index >= 15 is 0 Å². The normalized spacial score (nSPS) is 16.9. The van der Waals surface area contributed by atoms with Crippen molar-refractivity contribution in [2.45, 2.75) is 32.0 Å². The maximum absolute atomic E-state index is 14.3. The van der Waals surface area contributed by atoms with Gasteiger partial charge in [0.05, 0.1) is 18.1 Å². The Morgan fingerprint density at radius 3 is 2.52 bits per heavy atom. The van der Waals surface area contributed by atoms with Crippen LogP contribution in [0.5, 0.6) is 0 Å². The molecule has 0 atom stereocenters. The van der Waals surface area contributed by atoms with E-state index in [1.54, 1.807) is 0 Å². The molecule has 2 heterocycles. The van der Waals surface area contributed by atoms with Crippen molar-refractivity contribution in [2.75, 3.05) is 23.8 Å². The van der Waals surface area contributed by atoms with Crippen molar-refractivity contribution in [3.8, 4) is 0 Å². The second-order valence-electron chi connectivity index (χ2n) is 7.58. The summed E-state index contributed by atoms with van der Waals surface area (Å²) in [5.74, 6) is -1.27. The lowest BCUT2D eigenvalue weighted by atomic mass is 9.98. The Bertz CT molecular complexity index is 1020. The molecule has 1 aromatic heterocycles. The average Bonchev–Trinajstić information content (AvgIpc) is 3.18. The number of nitrogens with zero attached hydrogens (tertiary/aromatic N) is 2. The first-order chi connectivity index (χ1) is 14.5. The summed E-state index contributed by atoms with van der Waals surface area (Å²) in [6.07, 6.45) is -3.41. The monoisotopic (exact) mass is 462 g/mol. The molecule has 1 aromatic carbocycles. The number of carbonyl (C=O) groups is 1. The van der Waals surface area contributed by atoms with Gasteiger partial charge in [0.2, 0.25) is 0 Å². The number of hydrogen-bond donors (Lipinski definition) is 2. The molecule has 12 heteroatoms. The molecule has 170 valence electrons. The number of hydrogen-bond acceptors (Lipinski definition) is 5. The Morgan fingerprint density at radius 1 is 1.26 bits per heavy atom. The Balaban J connectivity index is 1.80. The first-order valence-electron chi connectivity index (χ1n) is 9.61. The molecular weight excluding hydrogens is 440 g/mol. The molecule has 1 aliphatic heterocycles. The van der Waals surface area contributed by atoms with E-state index in [0.29, 0.717) is 25.3 Å². The van der Waals surface area contributed by atoms with E-state index in [1.807, 2.05) is 0 Å². The van der Waals surface area contributed by atoms with Gasteiger partial charge in [0.25, 0.3) is 5.91 Å². The summed E-state index contributed by atoms with van der Waals surface area (Å²) in [7, 11) is -3.05. The molecule has 0 bridgehead atoms. The highest BCUT2D eigenvalue weighted by Crippen LogP contribution is 2.29. The summed E-state index contributed by atoms with van der Waals surface area (Å²) in [6.45, 7) is -0.152. The van der Waals surface area contributed by atoms with Crippen molar-refractivity contribution < 1.29 is 30.8 Å². The second kappa shape index (κ2) is 8.85. The number of carbonyl (C=O) groups excluding carboxylic acids is 1. The van der Waals surface area contributed by atoms with Crippen molar-refractivity contribution in [1.29, 1.82) is 0 Å². The number of H-pyrrole nitrogens is 1. The molecule has 0 aliphatic carbocycles. The van der Waals surface area contributed by atoms with E-state index in [9.17, 15) is 30.8 Å². The standard InChI is InChI=1S/C19H22F4N4O3S/c20-14-2-1-3-15(24)13(14)11-27(7-4-12-5-8-31(29,30)9-6-12)18(28)16-10-17(26-25-16)19(21,22)23/h1-3,10,12H,4-9,11,24H2,(H,25,26). The molecule has 7 nitrogen and oxygen atoms in total. The number of nitrogens with one attached hydrogen (secondary N) is 1. The summed E-state index contributed by atoms with van der Waals surface area (Å²) in [4.78, 5) is 14.1. The molecule has 2 aromatic rings. The number of rotatable bonds is 6. The van der Waals surface area contributed by atoms with Gasteiger partial charge in [-0.05, 0) is 37.3 Å². The van der Waals surface area contributed by atoms with Gasteiger partial charge in [-0.25, -0.2) is 12.8 Å². The number of alkyl halides is 3. The summed E-state index contributed by atoms with van der Waals surface area (Å²) in [5.41, 5.74) is 4.37. The average molecular weight is 462 g/mol. The molecule has 1 fully saturated rings. The largest absolute Gasteiger partial charge is 0.435 e. The topological polar surface area (TPSA) is 109 Å². The Hall–Kier alpha value is -2.63. The number of sulfone groups is 1. The fraction of sp³-hybridized carbons (Fsp3) is 0.474. The van der Waals surface area contributed by atoms with Crippen LogP contribution in [0.3, 0.4) is 0 Å². The number of anilines is 1. The molecule has 0 unspecified atom stereocenters. The van der Waals surface area contributed by atoms with Crippen LogP contribution in [0.1, 0.15) is 41.0 Å². The summed E-state index contributed by atoms with van der Waals surface area (Å²) >= 11 is 0. The van der Waals surface area contributed by atoms with E-state index in [4.69, 9.17) is 5.73 Å². The zero-order valence-electron chi connectivity index (χ0n) is 16.5. The van der Waals surface area contributed by atoms with Gasteiger partial charge in [-0.3, -0.25) is 9.89 Å². The highest BCUT2D eigenvalue weighted by Gasteiger charge is 2.35. The highest BCUT2D eigenvalue weighted by atomic mass is 32.2. The summed E-state index contributed by atoms with van der Waals surface area (Å²) in [6, 6.07) is 4.66. The minimum absolute atomic E-state index is 0.0318. The number of nitrogens with two attached hydrogens (primary N) is 1. The van der Waals surface area contributed by atoms with E-state index in [2.05, 4.69) is 10.2 Å². The van der Waals surface area contributed by atoms with Gasteiger partial charge in [0.1, 0.15) is 21.3 Å². The number of benzene rings is 1. The van der Waals surface area contributed by atoms with Gasteiger partial charge in [0, 0.05) is 23.9 Å². The smallest absolute Gasteiger partial charge is 0.398 e. The number of halogens is 4. The van der Waals surface area contributed by atoms with Gasteiger partial charge >= 0.3 is 6.18 Å². The third-order valence-corrected chi connectivity index (χ3v) is 7.09. The lowest BCUT2D eigenvalue weighted by Crippen LogP contribution is -2.34. The molecular formula is C19H22F4N4O3S. The fourth-order valence-corrected chi connectivity index (χ4v) is 5.09. The molecule has 0 spiro atoms. The zero-order chi connectivity index (χ0) is 22.8. The Kier molecular flexibility index (Phi) is 6.58. The lowest BCUT2D eigenvalue weighted by molar-refractivity contribution is -0.141. The lowest BCUT2D eigenvalue weighted by Gasteiger charge is -2.27. The van der Waals surface area contributed by atoms with Crippen LogP contribution in [0.4, 0.5) is 23.2 Å².